The molecular weight excluding hydrogens is 328 g/mol. The molecule has 4 nitrogen and oxygen atoms in total. The summed E-state index contributed by atoms with van der Waals surface area (Å²) < 4.78 is 10.9. The minimum absolute atomic E-state index is 0.217. The fourth-order valence-corrected chi connectivity index (χ4v) is 3.32. The third kappa shape index (κ3) is 9.21. The van der Waals surface area contributed by atoms with Crippen LogP contribution in [0.4, 0.5) is 0 Å². The number of carbonyl (C=O) groups excluding carboxylic acids is 2. The van der Waals surface area contributed by atoms with Gasteiger partial charge in [0.05, 0.1) is 25.0 Å². The third-order valence-corrected chi connectivity index (χ3v) is 4.86. The molecule has 1 aliphatic carbocycles. The van der Waals surface area contributed by atoms with Gasteiger partial charge in [-0.2, -0.15) is 0 Å². The van der Waals surface area contributed by atoms with Crippen molar-refractivity contribution in [2.45, 2.75) is 78.1 Å². The fraction of sp³-hybridized carbons (Fsp3) is 0.727. The summed E-state index contributed by atoms with van der Waals surface area (Å²) in [5.74, 6) is -1.08. The van der Waals surface area contributed by atoms with E-state index in [2.05, 4.69) is 12.2 Å². The van der Waals surface area contributed by atoms with E-state index < -0.39 is 0 Å². The van der Waals surface area contributed by atoms with Gasteiger partial charge in [0, 0.05) is 0 Å². The van der Waals surface area contributed by atoms with Crippen molar-refractivity contribution in [1.29, 1.82) is 0 Å². The van der Waals surface area contributed by atoms with Crippen LogP contribution in [0, 0.1) is 11.8 Å². The zero-order chi connectivity index (χ0) is 19.0. The van der Waals surface area contributed by atoms with Gasteiger partial charge in [0.15, 0.2) is 0 Å². The topological polar surface area (TPSA) is 52.6 Å². The summed E-state index contributed by atoms with van der Waals surface area (Å²) in [7, 11) is 0. The molecule has 0 bridgehead atoms. The van der Waals surface area contributed by atoms with Crippen molar-refractivity contribution >= 4 is 11.9 Å². The van der Waals surface area contributed by atoms with Crippen LogP contribution in [0.3, 0.4) is 0 Å². The van der Waals surface area contributed by atoms with Crippen molar-refractivity contribution < 1.29 is 19.1 Å². The highest BCUT2D eigenvalue weighted by Gasteiger charge is 2.37. The van der Waals surface area contributed by atoms with Gasteiger partial charge in [-0.15, -0.1) is 0 Å². The van der Waals surface area contributed by atoms with Crippen LogP contribution >= 0.6 is 0 Å². The molecule has 0 radical (unpaired) electrons. The molecule has 0 aromatic heterocycles. The summed E-state index contributed by atoms with van der Waals surface area (Å²) in [5, 5.41) is 0. The molecule has 0 amide bonds. The lowest BCUT2D eigenvalue weighted by atomic mass is 9.79. The van der Waals surface area contributed by atoms with E-state index in [1.54, 1.807) is 0 Å². The molecule has 2 atom stereocenters. The summed E-state index contributed by atoms with van der Waals surface area (Å²) >= 11 is 0. The highest BCUT2D eigenvalue weighted by molar-refractivity contribution is 5.82. The number of ether oxygens (including phenoxy) is 2. The lowest BCUT2D eigenvalue weighted by Crippen LogP contribution is -2.35. The second-order valence-corrected chi connectivity index (χ2v) is 6.96. The molecule has 1 fully saturated rings. The Hall–Kier alpha value is -1.58. The van der Waals surface area contributed by atoms with Crippen molar-refractivity contribution in [1.82, 2.24) is 0 Å². The monoisotopic (exact) mass is 364 g/mol. The molecule has 0 spiro atoms. The van der Waals surface area contributed by atoms with Crippen molar-refractivity contribution in [3.05, 3.63) is 24.3 Å². The standard InChI is InChI=1S/C22H36O4/c1-3-5-7-9-13-17-25-21(23)19-15-11-12-16-20(19)22(24)26-18-14-10-8-6-4-2/h3-6,19-20H,7-18H2,1-2H3/b5-3+,6-4+. The van der Waals surface area contributed by atoms with Crippen molar-refractivity contribution in [3.8, 4) is 0 Å². The van der Waals surface area contributed by atoms with Gasteiger partial charge in [0.2, 0.25) is 0 Å². The molecule has 1 saturated carbocycles. The van der Waals surface area contributed by atoms with Crippen LogP contribution in [0.15, 0.2) is 24.3 Å². The Labute approximate surface area is 159 Å². The van der Waals surface area contributed by atoms with Crippen LogP contribution in [-0.2, 0) is 19.1 Å². The van der Waals surface area contributed by atoms with E-state index in [1.807, 2.05) is 26.0 Å². The van der Waals surface area contributed by atoms with Crippen molar-refractivity contribution in [3.63, 3.8) is 0 Å². The molecule has 0 saturated heterocycles. The molecule has 1 rings (SSSR count). The van der Waals surface area contributed by atoms with Crippen LogP contribution in [0.1, 0.15) is 78.1 Å². The molecule has 0 aromatic rings. The molecule has 0 aliphatic heterocycles. The quantitative estimate of drug-likeness (QED) is 0.265. The first-order valence-electron chi connectivity index (χ1n) is 10.3. The van der Waals surface area contributed by atoms with Gasteiger partial charge in [0.25, 0.3) is 0 Å². The molecule has 1 aliphatic rings. The van der Waals surface area contributed by atoms with E-state index in [1.165, 1.54) is 0 Å². The van der Waals surface area contributed by atoms with Crippen LogP contribution in [-0.4, -0.2) is 25.2 Å². The second kappa shape index (κ2) is 14.6. The number of hydrogen-bond acceptors (Lipinski definition) is 4. The fourth-order valence-electron chi connectivity index (χ4n) is 3.32. The van der Waals surface area contributed by atoms with E-state index in [0.29, 0.717) is 13.2 Å². The Bertz CT molecular complexity index is 411. The molecule has 0 heterocycles. The molecule has 0 N–H and O–H groups in total. The first-order chi connectivity index (χ1) is 12.7. The lowest BCUT2D eigenvalue weighted by molar-refractivity contribution is -0.163. The smallest absolute Gasteiger partial charge is 0.309 e. The van der Waals surface area contributed by atoms with Gasteiger partial charge >= 0.3 is 11.9 Å². The first-order valence-corrected chi connectivity index (χ1v) is 10.3. The lowest BCUT2D eigenvalue weighted by Gasteiger charge is -2.28. The highest BCUT2D eigenvalue weighted by Crippen LogP contribution is 2.32. The molecular formula is C22H36O4. The molecule has 0 aromatic carbocycles. The Kier molecular flexibility index (Phi) is 12.6. The summed E-state index contributed by atoms with van der Waals surface area (Å²) in [4.78, 5) is 24.8. The molecule has 26 heavy (non-hydrogen) atoms. The number of allylic oxidation sites excluding steroid dienone is 4. The van der Waals surface area contributed by atoms with E-state index in [9.17, 15) is 9.59 Å². The van der Waals surface area contributed by atoms with Crippen LogP contribution in [0.25, 0.3) is 0 Å². The van der Waals surface area contributed by atoms with E-state index in [0.717, 1.165) is 64.2 Å². The van der Waals surface area contributed by atoms with Crippen LogP contribution < -0.4 is 0 Å². The largest absolute Gasteiger partial charge is 0.465 e. The van der Waals surface area contributed by atoms with Crippen molar-refractivity contribution in [2.75, 3.05) is 13.2 Å². The van der Waals surface area contributed by atoms with Gasteiger partial charge in [-0.3, -0.25) is 9.59 Å². The predicted octanol–water partition coefficient (Wildman–Crippen LogP) is 5.37. The zero-order valence-corrected chi connectivity index (χ0v) is 16.6. The van der Waals surface area contributed by atoms with E-state index in [-0.39, 0.29) is 23.8 Å². The average Bonchev–Trinajstić information content (AvgIpc) is 2.67. The van der Waals surface area contributed by atoms with Gasteiger partial charge in [0.1, 0.15) is 0 Å². The Morgan fingerprint density at radius 1 is 0.769 bits per heavy atom. The SMILES string of the molecule is C/C=C/CCCCOC(=O)C1CCCCC1C(=O)OCCCC/C=C/C. The summed E-state index contributed by atoms with van der Waals surface area (Å²) in [6, 6.07) is 0. The van der Waals surface area contributed by atoms with Gasteiger partial charge in [-0.25, -0.2) is 0 Å². The third-order valence-electron chi connectivity index (χ3n) is 4.86. The predicted molar refractivity (Wildman–Crippen MR) is 105 cm³/mol. The maximum atomic E-state index is 12.4. The second-order valence-electron chi connectivity index (χ2n) is 6.96. The Morgan fingerprint density at radius 3 is 1.58 bits per heavy atom. The molecule has 2 unspecified atom stereocenters. The number of rotatable bonds is 12. The number of unbranched alkanes of at least 4 members (excludes halogenated alkanes) is 4. The van der Waals surface area contributed by atoms with Crippen molar-refractivity contribution in [2.24, 2.45) is 11.8 Å². The van der Waals surface area contributed by atoms with Gasteiger partial charge < -0.3 is 9.47 Å². The van der Waals surface area contributed by atoms with E-state index in [4.69, 9.17) is 9.47 Å². The Morgan fingerprint density at radius 2 is 1.19 bits per heavy atom. The minimum Gasteiger partial charge on any atom is -0.465 e. The summed E-state index contributed by atoms with van der Waals surface area (Å²) in [6.45, 7) is 4.90. The van der Waals surface area contributed by atoms with E-state index >= 15 is 0 Å². The molecule has 4 heteroatoms. The summed E-state index contributed by atoms with van der Waals surface area (Å²) in [5.41, 5.74) is 0. The first kappa shape index (κ1) is 22.5. The summed E-state index contributed by atoms with van der Waals surface area (Å²) in [6.07, 6.45) is 17.5. The highest BCUT2D eigenvalue weighted by atomic mass is 16.5. The Balaban J connectivity index is 2.32. The normalized spacial score (nSPS) is 20.5. The zero-order valence-electron chi connectivity index (χ0n) is 16.6. The average molecular weight is 365 g/mol. The van der Waals surface area contributed by atoms with Gasteiger partial charge in [-0.05, 0) is 65.2 Å². The number of hydrogen-bond donors (Lipinski definition) is 0. The number of esters is 2. The van der Waals surface area contributed by atoms with Crippen LogP contribution in [0.5, 0.6) is 0 Å². The maximum Gasteiger partial charge on any atom is 0.309 e. The van der Waals surface area contributed by atoms with Gasteiger partial charge in [-0.1, -0.05) is 37.1 Å². The maximum absolute atomic E-state index is 12.4. The minimum atomic E-state index is -0.324. The van der Waals surface area contributed by atoms with Crippen LogP contribution in [0.2, 0.25) is 0 Å². The molecule has 148 valence electrons. The number of carbonyl (C=O) groups is 2.